The van der Waals surface area contributed by atoms with Gasteiger partial charge in [0.25, 0.3) is 0 Å². The van der Waals surface area contributed by atoms with Gasteiger partial charge in [0.05, 0.1) is 0 Å². The molecule has 0 aliphatic carbocycles. The molecule has 0 heterocycles. The van der Waals surface area contributed by atoms with Crippen molar-refractivity contribution in [2.45, 2.75) is 13.3 Å². The molecule has 8 heteroatoms. The maximum atomic E-state index is 12.3. The first-order valence-electron chi connectivity index (χ1n) is 4.16. The predicted octanol–water partition coefficient (Wildman–Crippen LogP) is 2.95. The van der Waals surface area contributed by atoms with E-state index in [1.54, 1.807) is 0 Å². The Hall–Kier alpha value is -1.34. The molecular formula is C8H6BF6O-. The summed E-state index contributed by atoms with van der Waals surface area (Å²) < 4.78 is 75.7. The Bertz CT molecular complexity index is 383. The van der Waals surface area contributed by atoms with Crippen molar-refractivity contribution < 1.29 is 30.9 Å². The SMILES string of the molecule is Cc1cc(OC(F)(F)F)ccc1[B-](F)(F)F. The molecule has 16 heavy (non-hydrogen) atoms. The maximum Gasteiger partial charge on any atom is 0.573 e. The topological polar surface area (TPSA) is 9.23 Å². The van der Waals surface area contributed by atoms with Crippen molar-refractivity contribution in [2.75, 3.05) is 0 Å². The van der Waals surface area contributed by atoms with E-state index in [1.807, 2.05) is 0 Å². The van der Waals surface area contributed by atoms with Crippen LogP contribution in [0.5, 0.6) is 5.75 Å². The zero-order valence-corrected chi connectivity index (χ0v) is 7.99. The molecule has 0 aliphatic heterocycles. The first-order chi connectivity index (χ1) is 7.09. The van der Waals surface area contributed by atoms with Crippen molar-refractivity contribution >= 4 is 12.4 Å². The average Bonchev–Trinajstić information content (AvgIpc) is 1.97. The second-order valence-corrected chi connectivity index (χ2v) is 3.14. The molecule has 0 unspecified atom stereocenters. The minimum absolute atomic E-state index is 0.297. The van der Waals surface area contributed by atoms with Gasteiger partial charge in [0, 0.05) is 0 Å². The summed E-state index contributed by atoms with van der Waals surface area (Å²) >= 11 is 0. The van der Waals surface area contributed by atoms with Crippen molar-refractivity contribution in [1.82, 2.24) is 0 Å². The van der Waals surface area contributed by atoms with Gasteiger partial charge in [0.2, 0.25) is 0 Å². The monoisotopic (exact) mass is 243 g/mol. The first-order valence-corrected chi connectivity index (χ1v) is 4.16. The van der Waals surface area contributed by atoms with Crippen molar-refractivity contribution in [3.63, 3.8) is 0 Å². The second-order valence-electron chi connectivity index (χ2n) is 3.14. The van der Waals surface area contributed by atoms with Crippen LogP contribution in [0.3, 0.4) is 0 Å². The molecule has 1 aromatic rings. The summed E-state index contributed by atoms with van der Waals surface area (Å²) in [6, 6.07) is 1.93. The van der Waals surface area contributed by atoms with Crippen LogP contribution in [-0.4, -0.2) is 13.3 Å². The molecule has 0 aliphatic rings. The maximum absolute atomic E-state index is 12.3. The van der Waals surface area contributed by atoms with Gasteiger partial charge in [0.15, 0.2) is 0 Å². The van der Waals surface area contributed by atoms with E-state index in [0.29, 0.717) is 18.2 Å². The third-order valence-electron chi connectivity index (χ3n) is 1.83. The Morgan fingerprint density at radius 1 is 1.12 bits per heavy atom. The van der Waals surface area contributed by atoms with Gasteiger partial charge in [0.1, 0.15) is 5.75 Å². The van der Waals surface area contributed by atoms with Gasteiger partial charge in [-0.1, -0.05) is 11.6 Å². The molecule has 0 amide bonds. The smallest absolute Gasteiger partial charge is 0.445 e. The van der Waals surface area contributed by atoms with Crippen LogP contribution in [0, 0.1) is 6.92 Å². The number of ether oxygens (including phenoxy) is 1. The van der Waals surface area contributed by atoms with Crippen LogP contribution in [0.15, 0.2) is 18.2 Å². The van der Waals surface area contributed by atoms with Crippen molar-refractivity contribution in [1.29, 1.82) is 0 Å². The Kier molecular flexibility index (Phi) is 3.11. The molecule has 0 saturated carbocycles. The summed E-state index contributed by atoms with van der Waals surface area (Å²) in [6.45, 7) is -4.14. The number of rotatable bonds is 2. The molecule has 0 spiro atoms. The van der Waals surface area contributed by atoms with E-state index in [-0.39, 0.29) is 5.56 Å². The number of benzene rings is 1. The Morgan fingerprint density at radius 2 is 1.69 bits per heavy atom. The lowest BCUT2D eigenvalue weighted by Crippen LogP contribution is -2.36. The highest BCUT2D eigenvalue weighted by Crippen LogP contribution is 2.24. The number of alkyl halides is 3. The van der Waals surface area contributed by atoms with Gasteiger partial charge in [-0.05, 0) is 19.1 Å². The van der Waals surface area contributed by atoms with Gasteiger partial charge in [-0.15, -0.1) is 18.6 Å². The quantitative estimate of drug-likeness (QED) is 0.573. The molecule has 0 radical (unpaired) electrons. The van der Waals surface area contributed by atoms with Gasteiger partial charge in [-0.3, -0.25) is 0 Å². The first kappa shape index (κ1) is 12.7. The lowest BCUT2D eigenvalue weighted by Gasteiger charge is -2.18. The van der Waals surface area contributed by atoms with Gasteiger partial charge in [-0.25, -0.2) is 0 Å². The molecule has 90 valence electrons. The van der Waals surface area contributed by atoms with Crippen LogP contribution in [0.2, 0.25) is 0 Å². The highest BCUT2D eigenvalue weighted by Gasteiger charge is 2.32. The summed E-state index contributed by atoms with van der Waals surface area (Å²) in [5.74, 6) is -0.659. The number of hydrogen-bond donors (Lipinski definition) is 0. The highest BCUT2D eigenvalue weighted by molar-refractivity contribution is 6.74. The molecule has 0 saturated heterocycles. The van der Waals surface area contributed by atoms with E-state index in [4.69, 9.17) is 0 Å². The number of aryl methyl sites for hydroxylation is 1. The largest absolute Gasteiger partial charge is 0.573 e. The molecular weight excluding hydrogens is 237 g/mol. The van der Waals surface area contributed by atoms with Crippen LogP contribution in [-0.2, 0) is 0 Å². The average molecular weight is 243 g/mol. The molecule has 0 fully saturated rings. The number of halogens is 6. The Morgan fingerprint density at radius 3 is 2.06 bits per heavy atom. The normalized spacial score (nSPS) is 12.7. The highest BCUT2D eigenvalue weighted by atomic mass is 19.4. The zero-order valence-electron chi connectivity index (χ0n) is 7.99. The van der Waals surface area contributed by atoms with E-state index in [0.717, 1.165) is 6.92 Å². The van der Waals surface area contributed by atoms with Crippen LogP contribution >= 0.6 is 0 Å². The second kappa shape index (κ2) is 3.91. The van der Waals surface area contributed by atoms with Gasteiger partial charge >= 0.3 is 13.3 Å². The van der Waals surface area contributed by atoms with Crippen LogP contribution in [0.1, 0.15) is 5.56 Å². The summed E-state index contributed by atoms with van der Waals surface area (Å²) in [7, 11) is 0. The standard InChI is InChI=1S/C8H6BF6O/c1-5-4-6(16-8(10,11)12)2-3-7(5)9(13,14)15/h2-4H,1H3/q-1. The number of hydrogen-bond acceptors (Lipinski definition) is 1. The summed E-state index contributed by atoms with van der Waals surface area (Å²) in [4.78, 5) is 0. The fourth-order valence-corrected chi connectivity index (χ4v) is 1.21. The zero-order chi connectivity index (χ0) is 12.6. The molecule has 1 rings (SSSR count). The van der Waals surface area contributed by atoms with Gasteiger partial charge < -0.3 is 17.7 Å². The fraction of sp³-hybridized carbons (Fsp3) is 0.250. The lowest BCUT2D eigenvalue weighted by molar-refractivity contribution is -0.274. The molecule has 0 aromatic heterocycles. The minimum atomic E-state index is -5.22. The molecule has 1 aromatic carbocycles. The predicted molar refractivity (Wildman–Crippen MR) is 46.6 cm³/mol. The van der Waals surface area contributed by atoms with E-state index >= 15 is 0 Å². The van der Waals surface area contributed by atoms with Gasteiger partial charge in [-0.2, -0.15) is 0 Å². The van der Waals surface area contributed by atoms with E-state index in [1.165, 1.54) is 0 Å². The fourth-order valence-electron chi connectivity index (χ4n) is 1.21. The van der Waals surface area contributed by atoms with Crippen LogP contribution in [0.25, 0.3) is 0 Å². The summed E-state index contributed by atoms with van der Waals surface area (Å²) in [6.07, 6.45) is -4.91. The van der Waals surface area contributed by atoms with Crippen LogP contribution in [0.4, 0.5) is 26.1 Å². The minimum Gasteiger partial charge on any atom is -0.445 e. The van der Waals surface area contributed by atoms with Crippen molar-refractivity contribution in [3.8, 4) is 5.75 Å². The van der Waals surface area contributed by atoms with E-state index < -0.39 is 24.6 Å². The summed E-state index contributed by atoms with van der Waals surface area (Å²) in [5, 5.41) is 0. The molecule has 0 atom stereocenters. The molecule has 1 nitrogen and oxygen atoms in total. The van der Waals surface area contributed by atoms with Crippen molar-refractivity contribution in [3.05, 3.63) is 23.8 Å². The molecule has 0 bridgehead atoms. The van der Waals surface area contributed by atoms with Crippen LogP contribution < -0.4 is 10.2 Å². The lowest BCUT2D eigenvalue weighted by atomic mass is 9.77. The van der Waals surface area contributed by atoms with Crippen molar-refractivity contribution in [2.24, 2.45) is 0 Å². The third kappa shape index (κ3) is 3.35. The third-order valence-corrected chi connectivity index (χ3v) is 1.83. The Labute approximate surface area is 87.1 Å². The molecule has 0 N–H and O–H groups in total. The van der Waals surface area contributed by atoms with E-state index in [2.05, 4.69) is 4.74 Å². The Balaban J connectivity index is 3.01. The summed E-state index contributed by atoms with van der Waals surface area (Å²) in [5.41, 5.74) is -1.22. The van der Waals surface area contributed by atoms with E-state index in [9.17, 15) is 26.1 Å².